The van der Waals surface area contributed by atoms with E-state index in [1.807, 2.05) is 0 Å². The molecule has 2 rings (SSSR count). The summed E-state index contributed by atoms with van der Waals surface area (Å²) >= 11 is 0. The molecule has 0 spiro atoms. The Bertz CT molecular complexity index is 579. The van der Waals surface area contributed by atoms with Gasteiger partial charge in [-0.25, -0.2) is 0 Å². The first-order chi connectivity index (χ1) is 10.6. The Morgan fingerprint density at radius 1 is 1.26 bits per heavy atom. The molecular formula is C13H18F3NO5S. The van der Waals surface area contributed by atoms with Gasteiger partial charge in [0.05, 0.1) is 5.92 Å². The number of carboxylic acid groups (broad SMARTS) is 1. The SMILES string of the molecule is O=C(O)C1CCC(C2C=C(OS(=O)(=O)C(F)(F)F)CCN2)CC1. The molecule has 0 aromatic heterocycles. The van der Waals surface area contributed by atoms with Gasteiger partial charge in [0.25, 0.3) is 0 Å². The summed E-state index contributed by atoms with van der Waals surface area (Å²) in [6.07, 6.45) is 3.66. The van der Waals surface area contributed by atoms with E-state index < -0.39 is 21.6 Å². The van der Waals surface area contributed by atoms with E-state index in [0.29, 0.717) is 32.2 Å². The van der Waals surface area contributed by atoms with Gasteiger partial charge in [0.1, 0.15) is 5.76 Å². The van der Waals surface area contributed by atoms with Crippen molar-refractivity contribution < 1.29 is 35.7 Å². The summed E-state index contributed by atoms with van der Waals surface area (Å²) in [5.74, 6) is -1.39. The zero-order valence-corrected chi connectivity index (χ0v) is 13.0. The number of alkyl halides is 3. The molecule has 1 unspecified atom stereocenters. The van der Waals surface area contributed by atoms with Gasteiger partial charge in [-0.2, -0.15) is 21.6 Å². The smallest absolute Gasteiger partial charge is 0.481 e. The zero-order valence-electron chi connectivity index (χ0n) is 12.2. The van der Waals surface area contributed by atoms with Crippen LogP contribution in [0.4, 0.5) is 13.2 Å². The van der Waals surface area contributed by atoms with E-state index in [9.17, 15) is 26.4 Å². The maximum absolute atomic E-state index is 12.3. The highest BCUT2D eigenvalue weighted by molar-refractivity contribution is 7.87. The van der Waals surface area contributed by atoms with Gasteiger partial charge in [0.2, 0.25) is 0 Å². The quantitative estimate of drug-likeness (QED) is 0.590. The lowest BCUT2D eigenvalue weighted by Crippen LogP contribution is -2.41. The largest absolute Gasteiger partial charge is 0.534 e. The Morgan fingerprint density at radius 3 is 2.39 bits per heavy atom. The van der Waals surface area contributed by atoms with Crippen molar-refractivity contribution in [3.05, 3.63) is 11.8 Å². The Hall–Kier alpha value is -1.29. The first kappa shape index (κ1) is 18.1. The molecule has 0 amide bonds. The number of aliphatic carboxylic acids is 1. The van der Waals surface area contributed by atoms with Crippen LogP contribution in [0.2, 0.25) is 0 Å². The number of nitrogens with one attached hydrogen (secondary N) is 1. The third-order valence-corrected chi connectivity index (χ3v) is 5.25. The van der Waals surface area contributed by atoms with E-state index in [2.05, 4.69) is 9.50 Å². The van der Waals surface area contributed by atoms with Gasteiger partial charge in [-0.1, -0.05) is 0 Å². The molecule has 0 aromatic carbocycles. The van der Waals surface area contributed by atoms with Crippen LogP contribution >= 0.6 is 0 Å². The highest BCUT2D eigenvalue weighted by atomic mass is 32.2. The molecular weight excluding hydrogens is 339 g/mol. The lowest BCUT2D eigenvalue weighted by atomic mass is 9.78. The molecule has 23 heavy (non-hydrogen) atoms. The van der Waals surface area contributed by atoms with Crippen molar-refractivity contribution in [3.8, 4) is 0 Å². The first-order valence-electron chi connectivity index (χ1n) is 7.28. The van der Waals surface area contributed by atoms with Crippen LogP contribution in [0, 0.1) is 11.8 Å². The highest BCUT2D eigenvalue weighted by Gasteiger charge is 2.49. The van der Waals surface area contributed by atoms with E-state index in [1.54, 1.807) is 0 Å². The predicted molar refractivity (Wildman–Crippen MR) is 73.6 cm³/mol. The highest BCUT2D eigenvalue weighted by Crippen LogP contribution is 2.34. The Labute approximate surface area is 131 Å². The molecule has 0 bridgehead atoms. The van der Waals surface area contributed by atoms with E-state index in [4.69, 9.17) is 5.11 Å². The summed E-state index contributed by atoms with van der Waals surface area (Å²) in [6, 6.07) is -0.308. The van der Waals surface area contributed by atoms with Crippen molar-refractivity contribution in [1.82, 2.24) is 5.32 Å². The van der Waals surface area contributed by atoms with Crippen LogP contribution in [-0.2, 0) is 19.1 Å². The van der Waals surface area contributed by atoms with E-state index in [1.165, 1.54) is 6.08 Å². The molecule has 10 heteroatoms. The molecule has 1 aliphatic heterocycles. The second-order valence-corrected chi connectivity index (χ2v) is 7.33. The molecule has 1 heterocycles. The van der Waals surface area contributed by atoms with E-state index in [-0.39, 0.29) is 30.1 Å². The maximum Gasteiger partial charge on any atom is 0.534 e. The summed E-state index contributed by atoms with van der Waals surface area (Å²) in [5.41, 5.74) is -5.45. The zero-order chi connectivity index (χ0) is 17.3. The van der Waals surface area contributed by atoms with Gasteiger partial charge in [0, 0.05) is 19.0 Å². The second-order valence-electron chi connectivity index (χ2n) is 5.80. The average Bonchev–Trinajstić information content (AvgIpc) is 2.46. The third kappa shape index (κ3) is 4.37. The van der Waals surface area contributed by atoms with E-state index in [0.717, 1.165) is 0 Å². The lowest BCUT2D eigenvalue weighted by Gasteiger charge is -2.33. The van der Waals surface area contributed by atoms with Gasteiger partial charge in [-0.3, -0.25) is 4.79 Å². The fourth-order valence-corrected chi connectivity index (χ4v) is 3.51. The van der Waals surface area contributed by atoms with Crippen molar-refractivity contribution >= 4 is 16.1 Å². The number of halogens is 3. The summed E-state index contributed by atoms with van der Waals surface area (Å²) in [6.45, 7) is 0.308. The fourth-order valence-electron chi connectivity index (χ4n) is 2.99. The van der Waals surface area contributed by atoms with Crippen molar-refractivity contribution in [2.45, 2.75) is 43.7 Å². The van der Waals surface area contributed by atoms with Gasteiger partial charge < -0.3 is 14.6 Å². The number of carboxylic acids is 1. The normalized spacial score (nSPS) is 29.7. The molecule has 0 aromatic rings. The van der Waals surface area contributed by atoms with Gasteiger partial charge in [-0.15, -0.1) is 0 Å². The predicted octanol–water partition coefficient (Wildman–Crippen LogP) is 1.99. The summed E-state index contributed by atoms with van der Waals surface area (Å²) < 4.78 is 63.3. The molecule has 1 fully saturated rings. The molecule has 2 N–H and O–H groups in total. The Morgan fingerprint density at radius 2 is 1.87 bits per heavy atom. The van der Waals surface area contributed by atoms with E-state index >= 15 is 0 Å². The molecule has 132 valence electrons. The minimum absolute atomic E-state index is 0.0519. The van der Waals surface area contributed by atoms with Gasteiger partial charge in [-0.05, 0) is 37.7 Å². The number of carbonyl (C=O) groups is 1. The minimum atomic E-state index is -5.65. The molecule has 0 radical (unpaired) electrons. The minimum Gasteiger partial charge on any atom is -0.481 e. The lowest BCUT2D eigenvalue weighted by molar-refractivity contribution is -0.143. The van der Waals surface area contributed by atoms with Crippen LogP contribution in [0.15, 0.2) is 11.8 Å². The van der Waals surface area contributed by atoms with Gasteiger partial charge in [0.15, 0.2) is 0 Å². The molecule has 1 saturated carbocycles. The first-order valence-corrected chi connectivity index (χ1v) is 8.68. The van der Waals surface area contributed by atoms with Crippen LogP contribution in [-0.4, -0.2) is 37.6 Å². The molecule has 6 nitrogen and oxygen atoms in total. The summed E-state index contributed by atoms with van der Waals surface area (Å²) in [4.78, 5) is 10.9. The number of hydrogen-bond acceptors (Lipinski definition) is 5. The van der Waals surface area contributed by atoms with Crippen LogP contribution in [0.25, 0.3) is 0 Å². The Balaban J connectivity index is 2.01. The van der Waals surface area contributed by atoms with Crippen LogP contribution in [0.3, 0.4) is 0 Å². The van der Waals surface area contributed by atoms with Crippen molar-refractivity contribution in [3.63, 3.8) is 0 Å². The average molecular weight is 357 g/mol. The topological polar surface area (TPSA) is 92.7 Å². The number of rotatable bonds is 4. The van der Waals surface area contributed by atoms with Crippen molar-refractivity contribution in [1.29, 1.82) is 0 Å². The third-order valence-electron chi connectivity index (χ3n) is 4.25. The summed E-state index contributed by atoms with van der Waals surface area (Å²) in [7, 11) is -5.65. The molecule has 1 aliphatic carbocycles. The molecule has 2 aliphatic rings. The van der Waals surface area contributed by atoms with Gasteiger partial charge >= 0.3 is 21.6 Å². The standard InChI is InChI=1S/C13H18F3NO5S/c14-13(15,16)23(20,21)22-10-5-6-17-11(7-10)8-1-3-9(4-2-8)12(18)19/h7-9,11,17H,1-6H2,(H,18,19). The molecule has 0 saturated heterocycles. The van der Waals surface area contributed by atoms with Crippen LogP contribution < -0.4 is 5.32 Å². The second kappa shape index (κ2) is 6.68. The molecule has 1 atom stereocenters. The Kier molecular flexibility index (Phi) is 5.24. The summed E-state index contributed by atoms with van der Waals surface area (Å²) in [5, 5.41) is 12.1. The van der Waals surface area contributed by atoms with Crippen LogP contribution in [0.1, 0.15) is 32.1 Å². The maximum atomic E-state index is 12.3. The van der Waals surface area contributed by atoms with Crippen LogP contribution in [0.5, 0.6) is 0 Å². The monoisotopic (exact) mass is 357 g/mol. The van der Waals surface area contributed by atoms with Crippen molar-refractivity contribution in [2.75, 3.05) is 6.54 Å². The van der Waals surface area contributed by atoms with Crippen molar-refractivity contribution in [2.24, 2.45) is 11.8 Å². The number of hydrogen-bond donors (Lipinski definition) is 2. The fraction of sp³-hybridized carbons (Fsp3) is 0.769.